The molecule has 0 atom stereocenters. The Kier molecular flexibility index (Phi) is 4.71. The summed E-state index contributed by atoms with van der Waals surface area (Å²) in [6.45, 7) is 5.36. The number of hydrogen-bond donors (Lipinski definition) is 1. The first kappa shape index (κ1) is 16.7. The number of amides is 2. The molecule has 2 aromatic rings. The molecule has 0 aromatic carbocycles. The number of aryl methyl sites for hydroxylation is 2. The molecule has 6 nitrogen and oxygen atoms in total. The van der Waals surface area contributed by atoms with Crippen LogP contribution >= 0.6 is 11.3 Å². The van der Waals surface area contributed by atoms with Gasteiger partial charge >= 0.3 is 0 Å². The summed E-state index contributed by atoms with van der Waals surface area (Å²) in [5.41, 5.74) is 7.11. The second kappa shape index (κ2) is 6.76. The number of fused-ring (bicyclic) bond motifs is 1. The van der Waals surface area contributed by atoms with Crippen LogP contribution in [0, 0.1) is 19.8 Å². The quantitative estimate of drug-likeness (QED) is 0.861. The number of carbonyl (C=O) groups excluding carboxylic acids is 2. The Morgan fingerprint density at radius 3 is 2.75 bits per heavy atom. The van der Waals surface area contributed by atoms with Gasteiger partial charge in [-0.15, -0.1) is 11.3 Å². The number of hydrogen-bond acceptors (Lipinski definition) is 4. The third-order valence-electron chi connectivity index (χ3n) is 4.46. The standard InChI is InChI=1S/C17H22N4O2S/c1-11-10-21-14(12(2)19-17(21)24-11)3-4-16(23)20-7-5-13(6-8-20)9-15(18)22/h3-4,10,13H,5-9H2,1-2H3,(H2,18,22)/b4-3+. The van der Waals surface area contributed by atoms with Crippen molar-refractivity contribution in [3.05, 3.63) is 28.5 Å². The van der Waals surface area contributed by atoms with Crippen molar-refractivity contribution in [1.82, 2.24) is 14.3 Å². The van der Waals surface area contributed by atoms with E-state index in [1.807, 2.05) is 35.4 Å². The molecule has 2 aromatic heterocycles. The fraction of sp³-hybridized carbons (Fsp3) is 0.471. The zero-order valence-corrected chi connectivity index (χ0v) is 14.8. The molecule has 128 valence electrons. The molecule has 24 heavy (non-hydrogen) atoms. The van der Waals surface area contributed by atoms with E-state index >= 15 is 0 Å². The number of aromatic nitrogens is 2. The van der Waals surface area contributed by atoms with Gasteiger partial charge in [0.2, 0.25) is 11.8 Å². The second-order valence-electron chi connectivity index (χ2n) is 6.35. The number of primary amides is 1. The van der Waals surface area contributed by atoms with Crippen molar-refractivity contribution in [2.24, 2.45) is 11.7 Å². The molecule has 1 fully saturated rings. The van der Waals surface area contributed by atoms with Crippen LogP contribution in [0.2, 0.25) is 0 Å². The van der Waals surface area contributed by atoms with Gasteiger partial charge < -0.3 is 10.6 Å². The summed E-state index contributed by atoms with van der Waals surface area (Å²) >= 11 is 1.64. The van der Waals surface area contributed by atoms with Crippen LogP contribution in [0.15, 0.2) is 12.3 Å². The lowest BCUT2D eigenvalue weighted by Crippen LogP contribution is -2.38. The van der Waals surface area contributed by atoms with E-state index in [4.69, 9.17) is 5.73 Å². The maximum Gasteiger partial charge on any atom is 0.246 e. The van der Waals surface area contributed by atoms with Gasteiger partial charge in [0.05, 0.1) is 11.4 Å². The molecule has 2 amide bonds. The topological polar surface area (TPSA) is 80.7 Å². The third kappa shape index (κ3) is 3.51. The van der Waals surface area contributed by atoms with Crippen LogP contribution in [0.5, 0.6) is 0 Å². The van der Waals surface area contributed by atoms with Crippen LogP contribution in [-0.2, 0) is 9.59 Å². The molecule has 0 bridgehead atoms. The number of imidazole rings is 1. The van der Waals surface area contributed by atoms with Gasteiger partial charge in [0.1, 0.15) is 0 Å². The van der Waals surface area contributed by atoms with Crippen LogP contribution in [0.3, 0.4) is 0 Å². The van der Waals surface area contributed by atoms with E-state index in [9.17, 15) is 9.59 Å². The van der Waals surface area contributed by atoms with Crippen molar-refractivity contribution < 1.29 is 9.59 Å². The van der Waals surface area contributed by atoms with E-state index in [2.05, 4.69) is 4.98 Å². The maximum atomic E-state index is 12.4. The summed E-state index contributed by atoms with van der Waals surface area (Å²) < 4.78 is 2.03. The van der Waals surface area contributed by atoms with Crippen molar-refractivity contribution in [3.63, 3.8) is 0 Å². The molecule has 0 aliphatic carbocycles. The fourth-order valence-electron chi connectivity index (χ4n) is 3.18. The molecular formula is C17H22N4O2S. The van der Waals surface area contributed by atoms with Gasteiger partial charge in [0.25, 0.3) is 0 Å². The van der Waals surface area contributed by atoms with Gasteiger partial charge in [-0.1, -0.05) is 0 Å². The first-order valence-corrected chi connectivity index (χ1v) is 8.96. The Bertz CT molecular complexity index is 797. The number of nitrogens with two attached hydrogens (primary N) is 1. The van der Waals surface area contributed by atoms with Crippen LogP contribution < -0.4 is 5.73 Å². The van der Waals surface area contributed by atoms with Crippen molar-refractivity contribution >= 4 is 34.2 Å². The third-order valence-corrected chi connectivity index (χ3v) is 5.36. The minimum Gasteiger partial charge on any atom is -0.370 e. The average molecular weight is 346 g/mol. The van der Waals surface area contributed by atoms with Gasteiger partial charge in [0, 0.05) is 36.7 Å². The monoisotopic (exact) mass is 346 g/mol. The highest BCUT2D eigenvalue weighted by Crippen LogP contribution is 2.23. The molecule has 1 saturated heterocycles. The lowest BCUT2D eigenvalue weighted by atomic mass is 9.93. The molecule has 0 saturated carbocycles. The summed E-state index contributed by atoms with van der Waals surface area (Å²) in [4.78, 5) is 31.9. The van der Waals surface area contributed by atoms with Crippen LogP contribution in [0.1, 0.15) is 35.5 Å². The predicted octanol–water partition coefficient (Wildman–Crippen LogP) is 2.14. The highest BCUT2D eigenvalue weighted by atomic mass is 32.1. The van der Waals surface area contributed by atoms with Crippen molar-refractivity contribution in [1.29, 1.82) is 0 Å². The number of piperidine rings is 1. The normalized spacial score (nSPS) is 16.3. The first-order chi connectivity index (χ1) is 11.4. The maximum absolute atomic E-state index is 12.4. The van der Waals surface area contributed by atoms with Crippen LogP contribution in [0.25, 0.3) is 11.0 Å². The summed E-state index contributed by atoms with van der Waals surface area (Å²) in [5, 5.41) is 0. The smallest absolute Gasteiger partial charge is 0.246 e. The SMILES string of the molecule is Cc1cn2c(/C=C/C(=O)N3CCC(CC(N)=O)CC3)c(C)nc2s1. The molecule has 3 rings (SSSR count). The van der Waals surface area contributed by atoms with Gasteiger partial charge in [-0.05, 0) is 38.7 Å². The van der Waals surface area contributed by atoms with E-state index in [1.165, 1.54) is 4.88 Å². The summed E-state index contributed by atoms with van der Waals surface area (Å²) in [6.07, 6.45) is 7.60. The summed E-state index contributed by atoms with van der Waals surface area (Å²) in [5.74, 6) is 0.0563. The fourth-order valence-corrected chi connectivity index (χ4v) is 4.06. The second-order valence-corrected chi connectivity index (χ2v) is 7.56. The first-order valence-electron chi connectivity index (χ1n) is 8.14. The predicted molar refractivity (Wildman–Crippen MR) is 94.7 cm³/mol. The molecule has 0 spiro atoms. The molecule has 1 aliphatic heterocycles. The molecule has 3 heterocycles. The number of rotatable bonds is 4. The van der Waals surface area contributed by atoms with Crippen molar-refractivity contribution in [3.8, 4) is 0 Å². The highest BCUT2D eigenvalue weighted by Gasteiger charge is 2.22. The molecule has 7 heteroatoms. The van der Waals surface area contributed by atoms with Crippen molar-refractivity contribution in [2.75, 3.05) is 13.1 Å². The molecule has 2 N–H and O–H groups in total. The number of likely N-dealkylation sites (tertiary alicyclic amines) is 1. The Hall–Kier alpha value is -2.15. The zero-order chi connectivity index (χ0) is 17.3. The largest absolute Gasteiger partial charge is 0.370 e. The van der Waals surface area contributed by atoms with E-state index in [0.29, 0.717) is 25.4 Å². The van der Waals surface area contributed by atoms with E-state index in [0.717, 1.165) is 29.2 Å². The van der Waals surface area contributed by atoms with Gasteiger partial charge in [-0.3, -0.25) is 14.0 Å². The van der Waals surface area contributed by atoms with Gasteiger partial charge in [-0.2, -0.15) is 0 Å². The summed E-state index contributed by atoms with van der Waals surface area (Å²) in [7, 11) is 0. The lowest BCUT2D eigenvalue weighted by Gasteiger charge is -2.30. The number of nitrogens with zero attached hydrogens (tertiary/aromatic N) is 3. The molecule has 0 unspecified atom stereocenters. The van der Waals surface area contributed by atoms with E-state index in [1.54, 1.807) is 17.4 Å². The van der Waals surface area contributed by atoms with Gasteiger partial charge in [0.15, 0.2) is 4.96 Å². The molecule has 0 radical (unpaired) electrons. The number of carbonyl (C=O) groups is 2. The molecular weight excluding hydrogens is 324 g/mol. The highest BCUT2D eigenvalue weighted by molar-refractivity contribution is 7.17. The minimum atomic E-state index is -0.258. The Morgan fingerprint density at radius 2 is 2.08 bits per heavy atom. The minimum absolute atomic E-state index is 0.00817. The zero-order valence-electron chi connectivity index (χ0n) is 14.0. The average Bonchev–Trinajstić information content (AvgIpc) is 3.00. The van der Waals surface area contributed by atoms with Gasteiger partial charge in [-0.25, -0.2) is 4.98 Å². The van der Waals surface area contributed by atoms with Crippen molar-refractivity contribution in [2.45, 2.75) is 33.1 Å². The van der Waals surface area contributed by atoms with E-state index < -0.39 is 0 Å². The molecule has 1 aliphatic rings. The number of thiazole rings is 1. The van der Waals surface area contributed by atoms with Crippen LogP contribution in [-0.4, -0.2) is 39.2 Å². The Morgan fingerprint density at radius 1 is 1.38 bits per heavy atom. The van der Waals surface area contributed by atoms with E-state index in [-0.39, 0.29) is 11.8 Å². The summed E-state index contributed by atoms with van der Waals surface area (Å²) in [6, 6.07) is 0. The Labute approximate surface area is 145 Å². The Balaban J connectivity index is 1.65. The van der Waals surface area contributed by atoms with Crippen LogP contribution in [0.4, 0.5) is 0 Å². The lowest BCUT2D eigenvalue weighted by molar-refractivity contribution is -0.127.